The van der Waals surface area contributed by atoms with Crippen LogP contribution in [-0.4, -0.2) is 12.1 Å². The molecule has 0 aliphatic rings. The van der Waals surface area contributed by atoms with Gasteiger partial charge in [0.1, 0.15) is 12.4 Å². The van der Waals surface area contributed by atoms with Crippen LogP contribution in [-0.2, 0) is 6.61 Å². The molecule has 3 nitrogen and oxygen atoms in total. The summed E-state index contributed by atoms with van der Waals surface area (Å²) in [6.45, 7) is 5.96. The monoisotopic (exact) mass is 275 g/mol. The molecule has 0 aliphatic heterocycles. The van der Waals surface area contributed by atoms with Gasteiger partial charge in [0.2, 0.25) is 0 Å². The summed E-state index contributed by atoms with van der Waals surface area (Å²) in [5.74, 6) is 0.668. The lowest BCUT2D eigenvalue weighted by atomic mass is 10.1. The van der Waals surface area contributed by atoms with Gasteiger partial charge >= 0.3 is 0 Å². The molecule has 1 aromatic heterocycles. The molecular weight excluding hydrogens is 257 g/mol. The fourth-order valence-corrected chi connectivity index (χ4v) is 2.08. The number of hydrogen-bond acceptors (Lipinski definition) is 3. The van der Waals surface area contributed by atoms with Crippen molar-refractivity contribution in [3.05, 3.63) is 52.6 Å². The van der Waals surface area contributed by atoms with Gasteiger partial charge in [0.25, 0.3) is 0 Å². The lowest BCUT2D eigenvalue weighted by molar-refractivity contribution is 0.283. The molecule has 0 saturated heterocycles. The van der Waals surface area contributed by atoms with Gasteiger partial charge in [-0.2, -0.15) is 0 Å². The van der Waals surface area contributed by atoms with Crippen LogP contribution in [0.2, 0.25) is 0 Å². The summed E-state index contributed by atoms with van der Waals surface area (Å²) >= 11 is 0. The number of nitrogens with zero attached hydrogens (tertiary/aromatic N) is 1. The minimum absolute atomic E-state index is 0.211. The predicted octanol–water partition coefficient (Wildman–Crippen LogP) is 3.73. The second-order valence-electron chi connectivity index (χ2n) is 4.77. The SMILES string of the molecule is COc1c(C)cnc(COc2cc(C)ccc2F)c1C. The van der Waals surface area contributed by atoms with E-state index >= 15 is 0 Å². The quantitative estimate of drug-likeness (QED) is 0.852. The summed E-state index contributed by atoms with van der Waals surface area (Å²) in [6.07, 6.45) is 1.73. The number of rotatable bonds is 4. The Kier molecular flexibility index (Phi) is 4.23. The predicted molar refractivity (Wildman–Crippen MR) is 75.7 cm³/mol. The Balaban J connectivity index is 2.21. The zero-order valence-corrected chi connectivity index (χ0v) is 12.2. The van der Waals surface area contributed by atoms with Gasteiger partial charge in [-0.05, 0) is 38.5 Å². The highest BCUT2D eigenvalue weighted by molar-refractivity contribution is 5.41. The fraction of sp³-hybridized carbons (Fsp3) is 0.312. The number of aryl methyl sites for hydroxylation is 2. The largest absolute Gasteiger partial charge is 0.496 e. The van der Waals surface area contributed by atoms with Crippen LogP contribution in [0, 0.1) is 26.6 Å². The first kappa shape index (κ1) is 14.3. The smallest absolute Gasteiger partial charge is 0.165 e. The molecule has 0 unspecified atom stereocenters. The molecule has 0 bridgehead atoms. The maximum atomic E-state index is 13.6. The highest BCUT2D eigenvalue weighted by Gasteiger charge is 2.11. The molecule has 0 N–H and O–H groups in total. The maximum Gasteiger partial charge on any atom is 0.165 e. The van der Waals surface area contributed by atoms with E-state index in [0.717, 1.165) is 28.1 Å². The van der Waals surface area contributed by atoms with Crippen molar-refractivity contribution in [3.8, 4) is 11.5 Å². The van der Waals surface area contributed by atoms with Crippen LogP contribution in [0.25, 0.3) is 0 Å². The standard InChI is InChI=1S/C16H18FNO2/c1-10-5-6-13(17)15(7-10)20-9-14-12(3)16(19-4)11(2)8-18-14/h5-8H,9H2,1-4H3. The van der Waals surface area contributed by atoms with Gasteiger partial charge in [-0.3, -0.25) is 4.98 Å². The first-order chi connectivity index (χ1) is 9.52. The van der Waals surface area contributed by atoms with E-state index in [1.165, 1.54) is 6.07 Å². The Labute approximate surface area is 118 Å². The van der Waals surface area contributed by atoms with E-state index in [9.17, 15) is 4.39 Å². The second-order valence-corrected chi connectivity index (χ2v) is 4.77. The Morgan fingerprint density at radius 3 is 2.65 bits per heavy atom. The van der Waals surface area contributed by atoms with E-state index in [1.54, 1.807) is 25.4 Å². The molecule has 2 rings (SSSR count). The van der Waals surface area contributed by atoms with Crippen molar-refractivity contribution in [2.45, 2.75) is 27.4 Å². The zero-order chi connectivity index (χ0) is 14.7. The fourth-order valence-electron chi connectivity index (χ4n) is 2.08. The Morgan fingerprint density at radius 1 is 1.20 bits per heavy atom. The molecule has 20 heavy (non-hydrogen) atoms. The highest BCUT2D eigenvalue weighted by atomic mass is 19.1. The van der Waals surface area contributed by atoms with Crippen LogP contribution in [0.15, 0.2) is 24.4 Å². The molecule has 0 fully saturated rings. The third-order valence-electron chi connectivity index (χ3n) is 3.20. The van der Waals surface area contributed by atoms with Crippen molar-refractivity contribution in [3.63, 3.8) is 0 Å². The number of methoxy groups -OCH3 is 1. The zero-order valence-electron chi connectivity index (χ0n) is 12.2. The first-order valence-electron chi connectivity index (χ1n) is 6.41. The third-order valence-corrected chi connectivity index (χ3v) is 3.20. The minimum Gasteiger partial charge on any atom is -0.496 e. The first-order valence-corrected chi connectivity index (χ1v) is 6.41. The van der Waals surface area contributed by atoms with Gasteiger partial charge in [0.15, 0.2) is 11.6 Å². The summed E-state index contributed by atoms with van der Waals surface area (Å²) in [4.78, 5) is 4.33. The average molecular weight is 275 g/mol. The lowest BCUT2D eigenvalue weighted by Gasteiger charge is -2.13. The number of hydrogen-bond donors (Lipinski definition) is 0. The van der Waals surface area contributed by atoms with Gasteiger partial charge in [-0.25, -0.2) is 4.39 Å². The topological polar surface area (TPSA) is 31.4 Å². The number of aromatic nitrogens is 1. The molecule has 0 aliphatic carbocycles. The molecule has 1 aromatic carbocycles. The molecule has 1 heterocycles. The van der Waals surface area contributed by atoms with Crippen molar-refractivity contribution in [2.24, 2.45) is 0 Å². The van der Waals surface area contributed by atoms with Crippen molar-refractivity contribution < 1.29 is 13.9 Å². The van der Waals surface area contributed by atoms with Gasteiger partial charge in [0.05, 0.1) is 12.8 Å². The van der Waals surface area contributed by atoms with E-state index in [1.807, 2.05) is 20.8 Å². The molecule has 0 saturated carbocycles. The number of halogens is 1. The normalized spacial score (nSPS) is 10.4. The van der Waals surface area contributed by atoms with Crippen molar-refractivity contribution in [1.29, 1.82) is 0 Å². The summed E-state index contributed by atoms with van der Waals surface area (Å²) in [5.41, 5.74) is 3.58. The molecule has 0 atom stereocenters. The summed E-state index contributed by atoms with van der Waals surface area (Å²) < 4.78 is 24.5. The van der Waals surface area contributed by atoms with Gasteiger partial charge in [-0.15, -0.1) is 0 Å². The van der Waals surface area contributed by atoms with Crippen LogP contribution < -0.4 is 9.47 Å². The van der Waals surface area contributed by atoms with Crippen LogP contribution in [0.1, 0.15) is 22.4 Å². The molecule has 2 aromatic rings. The van der Waals surface area contributed by atoms with E-state index in [2.05, 4.69) is 4.98 Å². The van der Waals surface area contributed by atoms with Gasteiger partial charge in [0, 0.05) is 17.3 Å². The van der Waals surface area contributed by atoms with E-state index in [-0.39, 0.29) is 18.2 Å². The minimum atomic E-state index is -0.368. The Bertz CT molecular complexity index is 626. The van der Waals surface area contributed by atoms with Crippen LogP contribution in [0.3, 0.4) is 0 Å². The maximum absolute atomic E-state index is 13.6. The van der Waals surface area contributed by atoms with Crippen molar-refractivity contribution in [2.75, 3.05) is 7.11 Å². The number of benzene rings is 1. The number of pyridine rings is 1. The van der Waals surface area contributed by atoms with Crippen molar-refractivity contribution >= 4 is 0 Å². The average Bonchev–Trinajstić information content (AvgIpc) is 2.42. The van der Waals surface area contributed by atoms with E-state index < -0.39 is 0 Å². The Morgan fingerprint density at radius 2 is 1.95 bits per heavy atom. The lowest BCUT2D eigenvalue weighted by Crippen LogP contribution is -2.05. The molecular formula is C16H18FNO2. The van der Waals surface area contributed by atoms with Gasteiger partial charge in [-0.1, -0.05) is 6.07 Å². The molecule has 0 spiro atoms. The van der Waals surface area contributed by atoms with Crippen LogP contribution in [0.5, 0.6) is 11.5 Å². The summed E-state index contributed by atoms with van der Waals surface area (Å²) in [7, 11) is 1.63. The molecule has 106 valence electrons. The molecule has 0 amide bonds. The molecule has 4 heteroatoms. The van der Waals surface area contributed by atoms with Crippen LogP contribution in [0.4, 0.5) is 4.39 Å². The summed E-state index contributed by atoms with van der Waals surface area (Å²) in [5, 5.41) is 0. The van der Waals surface area contributed by atoms with E-state index in [4.69, 9.17) is 9.47 Å². The third kappa shape index (κ3) is 2.90. The Hall–Kier alpha value is -2.10. The highest BCUT2D eigenvalue weighted by Crippen LogP contribution is 2.25. The second kappa shape index (κ2) is 5.90. The van der Waals surface area contributed by atoms with E-state index in [0.29, 0.717) is 0 Å². The molecule has 0 radical (unpaired) electrons. The van der Waals surface area contributed by atoms with Gasteiger partial charge < -0.3 is 9.47 Å². The van der Waals surface area contributed by atoms with Crippen molar-refractivity contribution in [1.82, 2.24) is 4.98 Å². The van der Waals surface area contributed by atoms with Crippen LogP contribution >= 0.6 is 0 Å². The summed E-state index contributed by atoms with van der Waals surface area (Å²) in [6, 6.07) is 4.79. The number of ether oxygens (including phenoxy) is 2.